The van der Waals surface area contributed by atoms with Crippen LogP contribution in [0.1, 0.15) is 54.7 Å². The standard InChI is InChI=1S/C21H32N4O3/c1-5-25-18-9-8-15(22-13-21(2,3)14-26)11-17(18)19(23-25)20(27)24(4)12-16-7-6-10-28-16/h6-7,10,15,22,26H,5,8-9,11-14H2,1-4H3/t15-/m0/s1. The van der Waals surface area contributed by atoms with Crippen LogP contribution in [0.3, 0.4) is 0 Å². The van der Waals surface area contributed by atoms with E-state index >= 15 is 0 Å². The first-order valence-corrected chi connectivity index (χ1v) is 10.0. The average Bonchev–Trinajstić information content (AvgIpc) is 3.33. The molecule has 0 saturated carbocycles. The number of hydrogen-bond donors (Lipinski definition) is 2. The van der Waals surface area contributed by atoms with Gasteiger partial charge in [0.2, 0.25) is 0 Å². The first kappa shape index (κ1) is 20.6. The molecule has 2 aromatic heterocycles. The molecule has 154 valence electrons. The Morgan fingerprint density at radius 3 is 2.93 bits per heavy atom. The third kappa shape index (κ3) is 4.47. The number of nitrogens with zero attached hydrogens (tertiary/aromatic N) is 3. The van der Waals surface area contributed by atoms with E-state index in [1.54, 1.807) is 18.2 Å². The molecule has 0 bridgehead atoms. The van der Waals surface area contributed by atoms with E-state index in [-0.39, 0.29) is 24.0 Å². The van der Waals surface area contributed by atoms with Gasteiger partial charge in [-0.1, -0.05) is 13.8 Å². The summed E-state index contributed by atoms with van der Waals surface area (Å²) in [5.41, 5.74) is 2.63. The molecule has 1 amide bonds. The molecule has 1 aliphatic carbocycles. The van der Waals surface area contributed by atoms with Crippen molar-refractivity contribution in [3.63, 3.8) is 0 Å². The van der Waals surface area contributed by atoms with Gasteiger partial charge in [-0.3, -0.25) is 9.48 Å². The Morgan fingerprint density at radius 1 is 1.50 bits per heavy atom. The predicted molar refractivity (Wildman–Crippen MR) is 107 cm³/mol. The lowest BCUT2D eigenvalue weighted by Crippen LogP contribution is -2.42. The minimum atomic E-state index is -0.157. The summed E-state index contributed by atoms with van der Waals surface area (Å²) in [6.45, 7) is 8.21. The number of hydrogen-bond acceptors (Lipinski definition) is 5. The number of aryl methyl sites for hydroxylation is 1. The fourth-order valence-electron chi connectivity index (χ4n) is 3.66. The molecule has 1 atom stereocenters. The summed E-state index contributed by atoms with van der Waals surface area (Å²) in [7, 11) is 1.78. The fourth-order valence-corrected chi connectivity index (χ4v) is 3.66. The van der Waals surface area contributed by atoms with E-state index in [0.29, 0.717) is 12.2 Å². The molecule has 2 N–H and O–H groups in total. The van der Waals surface area contributed by atoms with Crippen LogP contribution in [-0.4, -0.2) is 51.9 Å². The predicted octanol–water partition coefficient (Wildman–Crippen LogP) is 2.23. The SMILES string of the molecule is CCn1nc(C(=O)N(C)Cc2ccco2)c2c1CC[C@H](NCC(C)(C)CO)C2. The monoisotopic (exact) mass is 388 g/mol. The molecule has 0 fully saturated rings. The number of aliphatic hydroxyl groups excluding tert-OH is 1. The lowest BCUT2D eigenvalue weighted by atomic mass is 9.89. The van der Waals surface area contributed by atoms with Crippen LogP contribution < -0.4 is 5.32 Å². The van der Waals surface area contributed by atoms with Gasteiger partial charge < -0.3 is 19.7 Å². The van der Waals surface area contributed by atoms with E-state index in [1.807, 2.05) is 30.7 Å². The van der Waals surface area contributed by atoms with Crippen molar-refractivity contribution in [2.45, 2.75) is 59.2 Å². The van der Waals surface area contributed by atoms with Crippen LogP contribution in [0.15, 0.2) is 22.8 Å². The van der Waals surface area contributed by atoms with Crippen molar-refractivity contribution in [1.82, 2.24) is 20.0 Å². The minimum absolute atomic E-state index is 0.0730. The average molecular weight is 389 g/mol. The van der Waals surface area contributed by atoms with E-state index < -0.39 is 0 Å². The van der Waals surface area contributed by atoms with Crippen molar-refractivity contribution in [2.75, 3.05) is 20.2 Å². The third-order valence-corrected chi connectivity index (χ3v) is 5.47. The Bertz CT molecular complexity index is 795. The van der Waals surface area contributed by atoms with E-state index in [2.05, 4.69) is 17.3 Å². The maximum atomic E-state index is 13.1. The molecule has 3 rings (SSSR count). The van der Waals surface area contributed by atoms with Crippen molar-refractivity contribution in [3.8, 4) is 0 Å². The second kappa shape index (κ2) is 8.49. The number of amides is 1. The second-order valence-electron chi connectivity index (χ2n) is 8.47. The molecular formula is C21H32N4O3. The second-order valence-corrected chi connectivity index (χ2v) is 8.47. The molecule has 1 aliphatic rings. The van der Waals surface area contributed by atoms with Crippen molar-refractivity contribution in [2.24, 2.45) is 5.41 Å². The van der Waals surface area contributed by atoms with E-state index in [4.69, 9.17) is 4.42 Å². The first-order chi connectivity index (χ1) is 13.3. The highest BCUT2D eigenvalue weighted by atomic mass is 16.3. The smallest absolute Gasteiger partial charge is 0.274 e. The Kier molecular flexibility index (Phi) is 6.25. The van der Waals surface area contributed by atoms with E-state index in [0.717, 1.165) is 43.7 Å². The van der Waals surface area contributed by atoms with Gasteiger partial charge >= 0.3 is 0 Å². The van der Waals surface area contributed by atoms with Crippen LogP contribution >= 0.6 is 0 Å². The lowest BCUT2D eigenvalue weighted by Gasteiger charge is -2.29. The molecule has 0 saturated heterocycles. The highest BCUT2D eigenvalue weighted by Gasteiger charge is 2.31. The summed E-state index contributed by atoms with van der Waals surface area (Å²) in [6, 6.07) is 3.98. The molecule has 2 aromatic rings. The Morgan fingerprint density at radius 2 is 2.29 bits per heavy atom. The van der Waals surface area contributed by atoms with Crippen LogP contribution in [0.25, 0.3) is 0 Å². The summed E-state index contributed by atoms with van der Waals surface area (Å²) in [5.74, 6) is 0.682. The van der Waals surface area contributed by atoms with Crippen LogP contribution in [0.4, 0.5) is 0 Å². The van der Waals surface area contributed by atoms with E-state index in [9.17, 15) is 9.90 Å². The van der Waals surface area contributed by atoms with Gasteiger partial charge in [0.15, 0.2) is 5.69 Å². The number of carbonyl (C=O) groups excluding carboxylic acids is 1. The van der Waals surface area contributed by atoms with Gasteiger partial charge in [-0.15, -0.1) is 0 Å². The Labute approximate surface area is 166 Å². The maximum Gasteiger partial charge on any atom is 0.274 e. The highest BCUT2D eigenvalue weighted by molar-refractivity contribution is 5.94. The number of rotatable bonds is 8. The molecule has 0 aromatic carbocycles. The van der Waals surface area contributed by atoms with Gasteiger partial charge in [0.1, 0.15) is 5.76 Å². The molecule has 0 radical (unpaired) electrons. The van der Waals surface area contributed by atoms with Crippen LogP contribution in [0, 0.1) is 5.41 Å². The number of aliphatic hydroxyl groups is 1. The number of carbonyl (C=O) groups is 1. The molecular weight excluding hydrogens is 356 g/mol. The van der Waals surface area contributed by atoms with Gasteiger partial charge in [0, 0.05) is 49.5 Å². The summed E-state index contributed by atoms with van der Waals surface area (Å²) >= 11 is 0. The molecule has 7 heteroatoms. The summed E-state index contributed by atoms with van der Waals surface area (Å²) in [4.78, 5) is 14.8. The number of nitrogens with one attached hydrogen (secondary N) is 1. The topological polar surface area (TPSA) is 83.5 Å². The third-order valence-electron chi connectivity index (χ3n) is 5.47. The van der Waals surface area contributed by atoms with Crippen molar-refractivity contribution < 1.29 is 14.3 Å². The van der Waals surface area contributed by atoms with Crippen LogP contribution in [0.2, 0.25) is 0 Å². The number of aromatic nitrogens is 2. The Balaban J connectivity index is 1.76. The number of furan rings is 1. The zero-order chi connectivity index (χ0) is 20.3. The van der Waals surface area contributed by atoms with E-state index in [1.165, 1.54) is 5.69 Å². The maximum absolute atomic E-state index is 13.1. The molecule has 2 heterocycles. The molecule has 0 unspecified atom stereocenters. The first-order valence-electron chi connectivity index (χ1n) is 10.0. The summed E-state index contributed by atoms with van der Waals surface area (Å²) in [5, 5.41) is 17.7. The Hall–Kier alpha value is -2.12. The molecule has 28 heavy (non-hydrogen) atoms. The van der Waals surface area contributed by atoms with Gasteiger partial charge in [0.25, 0.3) is 5.91 Å². The molecule has 0 aliphatic heterocycles. The van der Waals surface area contributed by atoms with Gasteiger partial charge in [-0.25, -0.2) is 0 Å². The minimum Gasteiger partial charge on any atom is -0.467 e. The zero-order valence-electron chi connectivity index (χ0n) is 17.4. The summed E-state index contributed by atoms with van der Waals surface area (Å²) in [6.07, 6.45) is 4.32. The van der Waals surface area contributed by atoms with Crippen LogP contribution in [0.5, 0.6) is 0 Å². The van der Waals surface area contributed by atoms with Gasteiger partial charge in [-0.2, -0.15) is 5.10 Å². The van der Waals surface area contributed by atoms with Crippen molar-refractivity contribution in [3.05, 3.63) is 41.1 Å². The largest absolute Gasteiger partial charge is 0.467 e. The van der Waals surface area contributed by atoms with Crippen LogP contribution in [-0.2, 0) is 25.9 Å². The molecule has 7 nitrogen and oxygen atoms in total. The van der Waals surface area contributed by atoms with Crippen molar-refractivity contribution >= 4 is 5.91 Å². The normalized spacial score (nSPS) is 16.8. The summed E-state index contributed by atoms with van der Waals surface area (Å²) < 4.78 is 7.34. The van der Waals surface area contributed by atoms with Gasteiger partial charge in [0.05, 0.1) is 12.8 Å². The molecule has 0 spiro atoms. The fraction of sp³-hybridized carbons (Fsp3) is 0.619. The number of fused-ring (bicyclic) bond motifs is 1. The zero-order valence-corrected chi connectivity index (χ0v) is 17.4. The highest BCUT2D eigenvalue weighted by Crippen LogP contribution is 2.27. The van der Waals surface area contributed by atoms with Crippen molar-refractivity contribution in [1.29, 1.82) is 0 Å². The van der Waals surface area contributed by atoms with Gasteiger partial charge in [-0.05, 0) is 38.3 Å². The quantitative estimate of drug-likeness (QED) is 0.725. The lowest BCUT2D eigenvalue weighted by molar-refractivity contribution is 0.0767.